The Hall–Kier alpha value is 0.320. The molecule has 0 radical (unpaired) electrons. The van der Waals surface area contributed by atoms with E-state index in [2.05, 4.69) is 5.10 Å². The average Bonchev–Trinajstić information content (AvgIpc) is 2.75. The van der Waals surface area contributed by atoms with Gasteiger partial charge in [0.2, 0.25) is 0 Å². The molecule has 1 aromatic rings. The van der Waals surface area contributed by atoms with Crippen LogP contribution in [0.15, 0.2) is 11.2 Å². The Kier molecular flexibility index (Phi) is 3.71. The predicted octanol–water partition coefficient (Wildman–Crippen LogP) is -2.46. The van der Waals surface area contributed by atoms with E-state index in [1.165, 1.54) is 4.68 Å². The third kappa shape index (κ3) is 2.22. The van der Waals surface area contributed by atoms with Gasteiger partial charge in [0.25, 0.3) is 0 Å². The number of hydrogen-bond donors (Lipinski definition) is 0. The molecule has 0 spiro atoms. The van der Waals surface area contributed by atoms with Crippen molar-refractivity contribution in [3.8, 4) is 0 Å². The Morgan fingerprint density at radius 1 is 1.69 bits per heavy atom. The van der Waals surface area contributed by atoms with E-state index in [-0.39, 0.29) is 29.6 Å². The number of aryl methyl sites for hydroxylation is 1. The Morgan fingerprint density at radius 2 is 2.31 bits per heavy atom. The van der Waals surface area contributed by atoms with Crippen molar-refractivity contribution in [3.63, 3.8) is 0 Å². The van der Waals surface area contributed by atoms with Gasteiger partial charge in [0.15, 0.2) is 0 Å². The zero-order valence-corrected chi connectivity index (χ0v) is 10.5. The molecule has 4 nitrogen and oxygen atoms in total. The van der Waals surface area contributed by atoms with Crippen LogP contribution in [0.3, 0.4) is 0 Å². The molecule has 1 unspecified atom stereocenters. The fraction of sp³-hybridized carbons (Fsp3) is 0.571. The maximum atomic E-state index is 10.8. The molecule has 1 heterocycles. The summed E-state index contributed by atoms with van der Waals surface area (Å²) in [6.45, 7) is 0. The summed E-state index contributed by atoms with van der Waals surface area (Å²) in [7, 11) is 1.65. The second kappa shape index (κ2) is 4.23. The van der Waals surface area contributed by atoms with E-state index < -0.39 is 11.1 Å². The van der Waals surface area contributed by atoms with Crippen molar-refractivity contribution in [3.05, 3.63) is 11.8 Å². The zero-order valence-electron chi connectivity index (χ0n) is 7.69. The van der Waals surface area contributed by atoms with Gasteiger partial charge in [-0.25, -0.2) is 0 Å². The van der Waals surface area contributed by atoms with Crippen LogP contribution in [0.5, 0.6) is 0 Å². The molecule has 1 saturated carbocycles. The first-order valence-corrected chi connectivity index (χ1v) is 4.89. The van der Waals surface area contributed by atoms with E-state index in [9.17, 15) is 8.76 Å². The normalized spacial score (nSPS) is 18.0. The van der Waals surface area contributed by atoms with Gasteiger partial charge >= 0.3 is 29.6 Å². The summed E-state index contributed by atoms with van der Waals surface area (Å²) in [5.74, 6) is 0.437. The summed E-state index contributed by atoms with van der Waals surface area (Å²) < 4.78 is 23.0. The Morgan fingerprint density at radius 3 is 2.77 bits per heavy atom. The van der Waals surface area contributed by atoms with Gasteiger partial charge in [-0.1, -0.05) is 0 Å². The fourth-order valence-electron chi connectivity index (χ4n) is 1.32. The van der Waals surface area contributed by atoms with Crippen molar-refractivity contribution in [2.45, 2.75) is 23.8 Å². The smallest absolute Gasteiger partial charge is 0.767 e. The second-order valence-corrected chi connectivity index (χ2v) is 3.89. The zero-order chi connectivity index (χ0) is 8.72. The first kappa shape index (κ1) is 11.4. The molecule has 0 aromatic carbocycles. The number of rotatable bonds is 2. The SMILES string of the molecule is Cn1ncc(C2CC2)c1S(=O)[O-].[Na+]. The summed E-state index contributed by atoms with van der Waals surface area (Å²) >= 11 is -2.15. The van der Waals surface area contributed by atoms with Crippen LogP contribution in [-0.2, 0) is 18.1 Å². The van der Waals surface area contributed by atoms with E-state index in [1.54, 1.807) is 13.2 Å². The monoisotopic (exact) mass is 208 g/mol. The molecule has 0 saturated heterocycles. The van der Waals surface area contributed by atoms with Crippen molar-refractivity contribution in [1.82, 2.24) is 9.78 Å². The van der Waals surface area contributed by atoms with Crippen LogP contribution in [0.2, 0.25) is 0 Å². The summed E-state index contributed by atoms with van der Waals surface area (Å²) in [4.78, 5) is 0. The van der Waals surface area contributed by atoms with Gasteiger partial charge in [-0.05, 0) is 29.8 Å². The first-order valence-electron chi connectivity index (χ1n) is 3.81. The second-order valence-electron chi connectivity index (χ2n) is 3.04. The molecular formula is C7H9N2NaO2S. The van der Waals surface area contributed by atoms with Gasteiger partial charge in [0, 0.05) is 12.6 Å². The van der Waals surface area contributed by atoms with Gasteiger partial charge in [0.1, 0.15) is 5.03 Å². The van der Waals surface area contributed by atoms with Crippen LogP contribution in [-0.4, -0.2) is 18.5 Å². The van der Waals surface area contributed by atoms with Gasteiger partial charge in [-0.3, -0.25) is 8.89 Å². The van der Waals surface area contributed by atoms with Crippen LogP contribution >= 0.6 is 0 Å². The molecule has 66 valence electrons. The van der Waals surface area contributed by atoms with E-state index in [0.717, 1.165) is 18.4 Å². The Labute approximate surface area is 101 Å². The summed E-state index contributed by atoms with van der Waals surface area (Å²) in [6.07, 6.45) is 3.84. The molecule has 0 N–H and O–H groups in total. The van der Waals surface area contributed by atoms with Crippen molar-refractivity contribution in [2.75, 3.05) is 0 Å². The molecule has 0 aliphatic heterocycles. The summed E-state index contributed by atoms with van der Waals surface area (Å²) in [6, 6.07) is 0. The largest absolute Gasteiger partial charge is 1.00 e. The molecule has 0 bridgehead atoms. The third-order valence-corrected chi connectivity index (χ3v) is 2.90. The minimum absolute atomic E-state index is 0. The van der Waals surface area contributed by atoms with Crippen LogP contribution in [0, 0.1) is 0 Å². The molecule has 1 aromatic heterocycles. The Balaban J connectivity index is 0.000000845. The van der Waals surface area contributed by atoms with Crippen molar-refractivity contribution in [1.29, 1.82) is 0 Å². The van der Waals surface area contributed by atoms with Crippen molar-refractivity contribution >= 4 is 11.1 Å². The van der Waals surface area contributed by atoms with Crippen molar-refractivity contribution < 1.29 is 38.3 Å². The minimum Gasteiger partial charge on any atom is -0.767 e. The van der Waals surface area contributed by atoms with Crippen LogP contribution < -0.4 is 29.6 Å². The number of hydrogen-bond acceptors (Lipinski definition) is 3. The number of nitrogens with zero attached hydrogens (tertiary/aromatic N) is 2. The fourth-order valence-corrected chi connectivity index (χ4v) is 2.00. The van der Waals surface area contributed by atoms with Gasteiger partial charge in [0.05, 0.1) is 6.20 Å². The molecular weight excluding hydrogens is 199 g/mol. The standard InChI is InChI=1S/C7H10N2O2S.Na/c1-9-7(12(10)11)6(4-8-9)5-2-3-5;/h4-5H,2-3H2,1H3,(H,10,11);/q;+1/p-1. The van der Waals surface area contributed by atoms with Crippen LogP contribution in [0.4, 0.5) is 0 Å². The Bertz CT molecular complexity index is 335. The van der Waals surface area contributed by atoms with E-state index in [1.807, 2.05) is 0 Å². The molecule has 1 fully saturated rings. The summed E-state index contributed by atoms with van der Waals surface area (Å²) in [5.41, 5.74) is 0.880. The maximum absolute atomic E-state index is 10.8. The number of aromatic nitrogens is 2. The first-order chi connectivity index (χ1) is 5.70. The molecule has 1 aliphatic rings. The molecule has 0 amide bonds. The molecule has 1 atom stereocenters. The van der Waals surface area contributed by atoms with E-state index in [4.69, 9.17) is 0 Å². The molecule has 2 rings (SSSR count). The van der Waals surface area contributed by atoms with E-state index in [0.29, 0.717) is 10.9 Å². The molecule has 13 heavy (non-hydrogen) atoms. The predicted molar refractivity (Wildman–Crippen MR) is 42.4 cm³/mol. The third-order valence-electron chi connectivity index (χ3n) is 2.09. The average molecular weight is 208 g/mol. The topological polar surface area (TPSA) is 58.0 Å². The van der Waals surface area contributed by atoms with Crippen LogP contribution in [0.1, 0.15) is 24.3 Å². The van der Waals surface area contributed by atoms with Gasteiger partial charge in [-0.2, -0.15) is 5.10 Å². The van der Waals surface area contributed by atoms with E-state index >= 15 is 0 Å². The van der Waals surface area contributed by atoms with Gasteiger partial charge in [-0.15, -0.1) is 0 Å². The molecule has 1 aliphatic carbocycles. The molecule has 6 heteroatoms. The summed E-state index contributed by atoms with van der Waals surface area (Å²) in [5, 5.41) is 4.27. The van der Waals surface area contributed by atoms with Crippen molar-refractivity contribution in [2.24, 2.45) is 7.05 Å². The van der Waals surface area contributed by atoms with Gasteiger partial charge < -0.3 is 4.55 Å². The minimum atomic E-state index is -2.15. The van der Waals surface area contributed by atoms with Crippen LogP contribution in [0.25, 0.3) is 0 Å². The maximum Gasteiger partial charge on any atom is 1.00 e. The quantitative estimate of drug-likeness (QED) is 0.400.